The fraction of sp³-hybridized carbons (Fsp3) is 0.121. The number of nitrogens with zero attached hydrogens (tertiary/aromatic N) is 1. The van der Waals surface area contributed by atoms with Crippen molar-refractivity contribution in [2.75, 3.05) is 4.90 Å². The highest BCUT2D eigenvalue weighted by Gasteiger charge is 2.40. The molecule has 2 nitrogen and oxygen atoms in total. The third-order valence-electron chi connectivity index (χ3n) is 16.1. The first-order valence-corrected chi connectivity index (χ1v) is 24.5. The van der Waals surface area contributed by atoms with Gasteiger partial charge in [-0.1, -0.05) is 185 Å². The van der Waals surface area contributed by atoms with Gasteiger partial charge in [0.05, 0.1) is 5.69 Å². The molecule has 11 aromatic rings. The Hall–Kier alpha value is -7.88. The summed E-state index contributed by atoms with van der Waals surface area (Å²) in [6, 6.07) is 66.4. The molecule has 0 saturated heterocycles. The summed E-state index contributed by atoms with van der Waals surface area (Å²) in [5.41, 5.74) is 24.3. The molecule has 11 aromatic carbocycles. The molecule has 0 saturated carbocycles. The van der Waals surface area contributed by atoms with Gasteiger partial charge in [-0.3, -0.25) is 0 Å². The largest absolute Gasteiger partial charge is 0.456 e. The molecule has 2 aliphatic heterocycles. The van der Waals surface area contributed by atoms with E-state index < -0.39 is 0 Å². The predicted molar refractivity (Wildman–Crippen MR) is 294 cm³/mol. The number of aryl methyl sites for hydroxylation is 5. The molecule has 0 N–H and O–H groups in total. The van der Waals surface area contributed by atoms with Gasteiger partial charge in [0.2, 0.25) is 6.71 Å². The summed E-state index contributed by atoms with van der Waals surface area (Å²) in [5.74, 6) is 1.75. The summed E-state index contributed by atoms with van der Waals surface area (Å²) in [6.07, 6.45) is 0. The summed E-state index contributed by atoms with van der Waals surface area (Å²) in [5, 5.41) is 10.0. The van der Waals surface area contributed by atoms with E-state index in [1.807, 2.05) is 0 Å². The van der Waals surface area contributed by atoms with Crippen molar-refractivity contribution >= 4 is 83.3 Å². The Labute approximate surface area is 404 Å². The quantitative estimate of drug-likeness (QED) is 0.129. The van der Waals surface area contributed by atoms with E-state index in [1.54, 1.807) is 0 Å². The standard InChI is InChI=1S/C66H50BNO/c1-37-29-39(3)64(40(4)30-37)67-57-36-53-49-20-14-24-59-62(49)54(35-52(53)48-18-12-19-50(61(48)57)55-32-38(2)31-41(5)65(55)67)47-28-27-45(34-60(47)69-59)68(44-26-25-42-15-8-9-16-43(42)33-44)58-23-13-21-51-46-17-10-11-22-56(46)66(6,7)63(51)58/h8-36H,1-7H3. The van der Waals surface area contributed by atoms with Gasteiger partial charge >= 0.3 is 0 Å². The number of anilines is 3. The van der Waals surface area contributed by atoms with E-state index in [2.05, 4.69) is 229 Å². The van der Waals surface area contributed by atoms with Gasteiger partial charge in [-0.25, -0.2) is 0 Å². The Morgan fingerprint density at radius 1 is 0.420 bits per heavy atom. The van der Waals surface area contributed by atoms with Gasteiger partial charge in [-0.2, -0.15) is 0 Å². The van der Waals surface area contributed by atoms with Crippen molar-refractivity contribution in [1.29, 1.82) is 0 Å². The van der Waals surface area contributed by atoms with Crippen LogP contribution in [0.2, 0.25) is 0 Å². The normalized spacial score (nSPS) is 13.6. The zero-order valence-corrected chi connectivity index (χ0v) is 40.2. The number of hydrogen-bond acceptors (Lipinski definition) is 2. The molecule has 69 heavy (non-hydrogen) atoms. The lowest BCUT2D eigenvalue weighted by Gasteiger charge is -2.33. The average Bonchev–Trinajstić information content (AvgIpc) is 3.58. The van der Waals surface area contributed by atoms with E-state index in [9.17, 15) is 0 Å². The smallest absolute Gasteiger partial charge is 0.243 e. The Morgan fingerprint density at radius 2 is 1.06 bits per heavy atom. The second-order valence-electron chi connectivity index (χ2n) is 20.7. The minimum absolute atomic E-state index is 0.0975. The topological polar surface area (TPSA) is 12.5 Å². The van der Waals surface area contributed by atoms with Gasteiger partial charge in [-0.05, 0) is 154 Å². The Morgan fingerprint density at radius 3 is 1.88 bits per heavy atom. The molecule has 0 fully saturated rings. The number of hydrogen-bond donors (Lipinski definition) is 0. The molecular formula is C66H50BNO. The molecule has 0 aromatic heterocycles. The summed E-state index contributed by atoms with van der Waals surface area (Å²) in [6.45, 7) is 16.3. The first-order chi connectivity index (χ1) is 33.5. The highest BCUT2D eigenvalue weighted by molar-refractivity contribution is 6.99. The van der Waals surface area contributed by atoms with E-state index in [0.29, 0.717) is 0 Å². The molecule has 3 heteroatoms. The maximum Gasteiger partial charge on any atom is 0.243 e. The second kappa shape index (κ2) is 14.3. The van der Waals surface area contributed by atoms with E-state index >= 15 is 0 Å². The zero-order valence-electron chi connectivity index (χ0n) is 40.2. The molecule has 2 heterocycles. The van der Waals surface area contributed by atoms with E-state index in [4.69, 9.17) is 4.74 Å². The molecule has 14 rings (SSSR count). The van der Waals surface area contributed by atoms with Gasteiger partial charge in [0.15, 0.2) is 0 Å². The van der Waals surface area contributed by atoms with Gasteiger partial charge in [-0.15, -0.1) is 0 Å². The third kappa shape index (κ3) is 5.62. The van der Waals surface area contributed by atoms with Crippen molar-refractivity contribution in [3.63, 3.8) is 0 Å². The maximum absolute atomic E-state index is 7.17. The zero-order chi connectivity index (χ0) is 46.6. The van der Waals surface area contributed by atoms with E-state index in [1.165, 1.54) is 132 Å². The van der Waals surface area contributed by atoms with Gasteiger partial charge < -0.3 is 9.64 Å². The second-order valence-corrected chi connectivity index (χ2v) is 20.7. The SMILES string of the molecule is Cc1cc(C)c(B2c3c(C)cc(C)cc3-c3cccc4c3c2cc2c3cccc5c3c(cc42)-c2ccc(N(c3ccc4ccccc4c3)c3cccc4c3C(C)(C)c3ccccc3-4)cc2O5)c(C)c1. The molecule has 328 valence electrons. The van der Waals surface area contributed by atoms with Crippen LogP contribution < -0.4 is 26.0 Å². The van der Waals surface area contributed by atoms with Crippen LogP contribution in [0.3, 0.4) is 0 Å². The highest BCUT2D eigenvalue weighted by atomic mass is 16.5. The Balaban J connectivity index is 1.00. The molecule has 0 amide bonds. The fourth-order valence-corrected chi connectivity index (χ4v) is 13.4. The Kier molecular flexibility index (Phi) is 8.35. The number of rotatable bonds is 4. The van der Waals surface area contributed by atoms with E-state index in [-0.39, 0.29) is 12.1 Å². The van der Waals surface area contributed by atoms with Crippen molar-refractivity contribution in [2.24, 2.45) is 0 Å². The van der Waals surface area contributed by atoms with E-state index in [0.717, 1.165) is 28.4 Å². The van der Waals surface area contributed by atoms with Crippen LogP contribution in [-0.2, 0) is 5.41 Å². The molecule has 0 unspecified atom stereocenters. The van der Waals surface area contributed by atoms with Crippen molar-refractivity contribution in [1.82, 2.24) is 0 Å². The number of benzene rings is 11. The van der Waals surface area contributed by atoms with Crippen LogP contribution in [0.25, 0.3) is 76.5 Å². The summed E-state index contributed by atoms with van der Waals surface area (Å²) in [7, 11) is 0. The summed E-state index contributed by atoms with van der Waals surface area (Å²) in [4.78, 5) is 2.46. The van der Waals surface area contributed by atoms with Crippen molar-refractivity contribution < 1.29 is 4.74 Å². The Bertz CT molecular complexity index is 4080. The van der Waals surface area contributed by atoms with Gasteiger partial charge in [0.25, 0.3) is 0 Å². The minimum Gasteiger partial charge on any atom is -0.456 e. The van der Waals surface area contributed by atoms with Crippen LogP contribution in [0, 0.1) is 34.6 Å². The molecule has 0 atom stereocenters. The third-order valence-corrected chi connectivity index (χ3v) is 16.1. The molecule has 0 bridgehead atoms. The summed E-state index contributed by atoms with van der Waals surface area (Å²) < 4.78 is 7.17. The number of fused-ring (bicyclic) bond motifs is 11. The van der Waals surface area contributed by atoms with Crippen molar-refractivity contribution in [3.8, 4) is 44.9 Å². The van der Waals surface area contributed by atoms with Gasteiger partial charge in [0.1, 0.15) is 11.5 Å². The monoisotopic (exact) mass is 883 g/mol. The van der Waals surface area contributed by atoms with Crippen molar-refractivity contribution in [3.05, 3.63) is 215 Å². The lowest BCUT2D eigenvalue weighted by Crippen LogP contribution is -2.57. The molecule has 0 spiro atoms. The fourth-order valence-electron chi connectivity index (χ4n) is 13.4. The van der Waals surface area contributed by atoms with Crippen LogP contribution in [0.1, 0.15) is 52.8 Å². The predicted octanol–water partition coefficient (Wildman–Crippen LogP) is 15.9. The lowest BCUT2D eigenvalue weighted by molar-refractivity contribution is 0.487. The van der Waals surface area contributed by atoms with Crippen LogP contribution in [0.15, 0.2) is 176 Å². The summed E-state index contributed by atoms with van der Waals surface area (Å²) >= 11 is 0. The molecule has 3 aliphatic rings. The molecule has 0 radical (unpaired) electrons. The first kappa shape index (κ1) is 40.2. The number of ether oxygens (including phenoxy) is 1. The van der Waals surface area contributed by atoms with Crippen LogP contribution in [0.5, 0.6) is 11.5 Å². The molecular weight excluding hydrogens is 834 g/mol. The minimum atomic E-state index is -0.210. The van der Waals surface area contributed by atoms with Crippen molar-refractivity contribution in [2.45, 2.75) is 53.9 Å². The van der Waals surface area contributed by atoms with Crippen LogP contribution in [-0.4, -0.2) is 6.71 Å². The maximum atomic E-state index is 7.17. The van der Waals surface area contributed by atoms with Gasteiger partial charge in [0, 0.05) is 33.8 Å². The van der Waals surface area contributed by atoms with Crippen LogP contribution >= 0.6 is 0 Å². The van der Waals surface area contributed by atoms with Crippen LogP contribution in [0.4, 0.5) is 17.1 Å². The highest BCUT2D eigenvalue weighted by Crippen LogP contribution is 2.56. The average molecular weight is 884 g/mol. The lowest BCUT2D eigenvalue weighted by atomic mass is 9.32. The molecule has 1 aliphatic carbocycles. The first-order valence-electron chi connectivity index (χ1n) is 24.5.